The average Bonchev–Trinajstić information content (AvgIpc) is 2.28. The Hall–Kier alpha value is -1.06. The van der Waals surface area contributed by atoms with E-state index in [1.165, 1.54) is 5.56 Å². The second kappa shape index (κ2) is 7.30. The topological polar surface area (TPSA) is 38.5 Å². The summed E-state index contributed by atoms with van der Waals surface area (Å²) in [5, 5.41) is 0. The minimum absolute atomic E-state index is 0.535. The minimum atomic E-state index is 0.535. The van der Waals surface area contributed by atoms with Gasteiger partial charge in [0.2, 0.25) is 0 Å². The maximum Gasteiger partial charge on any atom is 0.0474 e. The van der Waals surface area contributed by atoms with Crippen molar-refractivity contribution in [3.8, 4) is 0 Å². The Morgan fingerprint density at radius 2 is 2.12 bits per heavy atom. The number of nitrogen functional groups attached to an aromatic ring is 1. The lowest BCUT2D eigenvalue weighted by Gasteiger charge is -2.26. The van der Waals surface area contributed by atoms with Gasteiger partial charge in [0.05, 0.1) is 0 Å². The van der Waals surface area contributed by atoms with Gasteiger partial charge in [-0.3, -0.25) is 4.90 Å². The quantitative estimate of drug-likeness (QED) is 0.584. The third-order valence-electron chi connectivity index (χ3n) is 2.86. The SMILES string of the molecule is COCCCN(Cc1cccc(N)c1)C(C)C. The molecular weight excluding hydrogens is 212 g/mol. The van der Waals surface area contributed by atoms with Crippen LogP contribution in [0.25, 0.3) is 0 Å². The van der Waals surface area contributed by atoms with E-state index in [9.17, 15) is 0 Å². The van der Waals surface area contributed by atoms with Gasteiger partial charge in [-0.05, 0) is 38.0 Å². The molecule has 3 heteroatoms. The van der Waals surface area contributed by atoms with Crippen molar-refractivity contribution in [2.45, 2.75) is 32.9 Å². The summed E-state index contributed by atoms with van der Waals surface area (Å²) in [5.74, 6) is 0. The number of rotatable bonds is 7. The number of nitrogens with zero attached hydrogens (tertiary/aromatic N) is 1. The number of methoxy groups -OCH3 is 1. The number of anilines is 1. The molecule has 0 saturated carbocycles. The predicted octanol–water partition coefficient (Wildman–Crippen LogP) is 2.52. The molecule has 0 spiro atoms. The zero-order chi connectivity index (χ0) is 12.7. The highest BCUT2D eigenvalue weighted by molar-refractivity contribution is 5.40. The Morgan fingerprint density at radius 3 is 2.71 bits per heavy atom. The van der Waals surface area contributed by atoms with Gasteiger partial charge in [0.25, 0.3) is 0 Å². The monoisotopic (exact) mass is 236 g/mol. The summed E-state index contributed by atoms with van der Waals surface area (Å²) in [6.45, 7) is 7.27. The van der Waals surface area contributed by atoms with Crippen LogP contribution in [0, 0.1) is 0 Å². The van der Waals surface area contributed by atoms with E-state index in [-0.39, 0.29) is 0 Å². The van der Waals surface area contributed by atoms with Gasteiger partial charge in [0.15, 0.2) is 0 Å². The van der Waals surface area contributed by atoms with Gasteiger partial charge in [0.1, 0.15) is 0 Å². The van der Waals surface area contributed by atoms with E-state index >= 15 is 0 Å². The molecule has 17 heavy (non-hydrogen) atoms. The summed E-state index contributed by atoms with van der Waals surface area (Å²) in [7, 11) is 1.75. The molecule has 0 aliphatic rings. The standard InChI is InChI=1S/C14H24N2O/c1-12(2)16(8-5-9-17-3)11-13-6-4-7-14(15)10-13/h4,6-7,10,12H,5,8-9,11,15H2,1-3H3. The van der Waals surface area contributed by atoms with Crippen LogP contribution < -0.4 is 5.73 Å². The van der Waals surface area contributed by atoms with Crippen LogP contribution in [0.2, 0.25) is 0 Å². The molecular formula is C14H24N2O. The lowest BCUT2D eigenvalue weighted by atomic mass is 10.1. The normalized spacial score (nSPS) is 11.4. The lowest BCUT2D eigenvalue weighted by molar-refractivity contribution is 0.154. The maximum absolute atomic E-state index is 5.79. The summed E-state index contributed by atoms with van der Waals surface area (Å²) < 4.78 is 5.09. The van der Waals surface area contributed by atoms with Crippen LogP contribution >= 0.6 is 0 Å². The number of nitrogens with two attached hydrogens (primary N) is 1. The van der Waals surface area contributed by atoms with Gasteiger partial charge in [-0.2, -0.15) is 0 Å². The van der Waals surface area contributed by atoms with Gasteiger partial charge in [0, 0.05) is 38.5 Å². The zero-order valence-electron chi connectivity index (χ0n) is 11.1. The molecule has 0 aromatic heterocycles. The highest BCUT2D eigenvalue weighted by Crippen LogP contribution is 2.12. The Morgan fingerprint density at radius 1 is 1.35 bits per heavy atom. The first-order valence-electron chi connectivity index (χ1n) is 6.21. The molecule has 0 fully saturated rings. The van der Waals surface area contributed by atoms with E-state index in [2.05, 4.69) is 24.8 Å². The van der Waals surface area contributed by atoms with E-state index in [0.717, 1.165) is 31.8 Å². The van der Waals surface area contributed by atoms with Crippen molar-refractivity contribution in [1.82, 2.24) is 4.90 Å². The van der Waals surface area contributed by atoms with Crippen LogP contribution in [0.15, 0.2) is 24.3 Å². The predicted molar refractivity (Wildman–Crippen MR) is 72.9 cm³/mol. The summed E-state index contributed by atoms with van der Waals surface area (Å²) in [6, 6.07) is 8.65. The molecule has 1 rings (SSSR count). The van der Waals surface area contributed by atoms with E-state index in [0.29, 0.717) is 6.04 Å². The molecule has 1 aromatic rings. The van der Waals surface area contributed by atoms with E-state index < -0.39 is 0 Å². The fourth-order valence-corrected chi connectivity index (χ4v) is 1.86. The number of ether oxygens (including phenoxy) is 1. The van der Waals surface area contributed by atoms with Crippen LogP contribution in [-0.4, -0.2) is 31.2 Å². The lowest BCUT2D eigenvalue weighted by Crippen LogP contribution is -2.31. The van der Waals surface area contributed by atoms with E-state index in [4.69, 9.17) is 10.5 Å². The van der Waals surface area contributed by atoms with Gasteiger partial charge in [-0.25, -0.2) is 0 Å². The molecule has 0 saturated heterocycles. The fraction of sp³-hybridized carbons (Fsp3) is 0.571. The zero-order valence-corrected chi connectivity index (χ0v) is 11.1. The highest BCUT2D eigenvalue weighted by atomic mass is 16.5. The number of hydrogen-bond acceptors (Lipinski definition) is 3. The van der Waals surface area contributed by atoms with Gasteiger partial charge in [-0.1, -0.05) is 12.1 Å². The molecule has 0 bridgehead atoms. The molecule has 96 valence electrons. The van der Waals surface area contributed by atoms with Crippen molar-refractivity contribution >= 4 is 5.69 Å². The van der Waals surface area contributed by atoms with Crippen molar-refractivity contribution in [2.24, 2.45) is 0 Å². The van der Waals surface area contributed by atoms with Crippen molar-refractivity contribution in [1.29, 1.82) is 0 Å². The van der Waals surface area contributed by atoms with E-state index in [1.54, 1.807) is 7.11 Å². The Balaban J connectivity index is 2.54. The minimum Gasteiger partial charge on any atom is -0.399 e. The van der Waals surface area contributed by atoms with Crippen LogP contribution in [-0.2, 0) is 11.3 Å². The van der Waals surface area contributed by atoms with Crippen LogP contribution in [0.1, 0.15) is 25.8 Å². The molecule has 0 aliphatic heterocycles. The Kier molecular flexibility index (Phi) is 6.01. The van der Waals surface area contributed by atoms with Crippen LogP contribution in [0.3, 0.4) is 0 Å². The summed E-state index contributed by atoms with van der Waals surface area (Å²) in [6.07, 6.45) is 1.07. The second-order valence-electron chi connectivity index (χ2n) is 4.66. The Labute approximate surface area is 105 Å². The molecule has 0 unspecified atom stereocenters. The molecule has 0 aliphatic carbocycles. The molecule has 0 heterocycles. The van der Waals surface area contributed by atoms with Gasteiger partial charge >= 0.3 is 0 Å². The molecule has 1 aromatic carbocycles. The van der Waals surface area contributed by atoms with Crippen molar-refractivity contribution in [3.05, 3.63) is 29.8 Å². The number of hydrogen-bond donors (Lipinski definition) is 1. The molecule has 3 nitrogen and oxygen atoms in total. The first-order chi connectivity index (χ1) is 8.13. The maximum atomic E-state index is 5.79. The van der Waals surface area contributed by atoms with Crippen molar-refractivity contribution < 1.29 is 4.74 Å². The first kappa shape index (κ1) is 14.0. The highest BCUT2D eigenvalue weighted by Gasteiger charge is 2.09. The Bertz CT molecular complexity index is 326. The van der Waals surface area contributed by atoms with Gasteiger partial charge in [-0.15, -0.1) is 0 Å². The third-order valence-corrected chi connectivity index (χ3v) is 2.86. The van der Waals surface area contributed by atoms with Gasteiger partial charge < -0.3 is 10.5 Å². The molecule has 2 N–H and O–H groups in total. The second-order valence-corrected chi connectivity index (χ2v) is 4.66. The summed E-state index contributed by atoms with van der Waals surface area (Å²) >= 11 is 0. The van der Waals surface area contributed by atoms with Crippen LogP contribution in [0.4, 0.5) is 5.69 Å². The number of benzene rings is 1. The molecule has 0 amide bonds. The van der Waals surface area contributed by atoms with Crippen molar-refractivity contribution in [2.75, 3.05) is 26.0 Å². The fourth-order valence-electron chi connectivity index (χ4n) is 1.86. The van der Waals surface area contributed by atoms with Crippen molar-refractivity contribution in [3.63, 3.8) is 0 Å². The smallest absolute Gasteiger partial charge is 0.0474 e. The largest absolute Gasteiger partial charge is 0.399 e. The molecule has 0 atom stereocenters. The average molecular weight is 236 g/mol. The third kappa shape index (κ3) is 5.20. The van der Waals surface area contributed by atoms with Crippen LogP contribution in [0.5, 0.6) is 0 Å². The summed E-state index contributed by atoms with van der Waals surface area (Å²) in [5.41, 5.74) is 7.90. The van der Waals surface area contributed by atoms with E-state index in [1.807, 2.05) is 18.2 Å². The summed E-state index contributed by atoms with van der Waals surface area (Å²) in [4.78, 5) is 2.44. The first-order valence-corrected chi connectivity index (χ1v) is 6.21. The molecule has 0 radical (unpaired) electrons.